The number of hydrogen-bond acceptors (Lipinski definition) is 3. The van der Waals surface area contributed by atoms with Gasteiger partial charge in [-0.1, -0.05) is 44.2 Å². The maximum atomic E-state index is 12.8. The van der Waals surface area contributed by atoms with Crippen molar-refractivity contribution in [3.63, 3.8) is 0 Å². The third-order valence-electron chi connectivity index (χ3n) is 4.29. The van der Waals surface area contributed by atoms with Crippen molar-refractivity contribution in [2.75, 3.05) is 0 Å². The molecule has 0 heterocycles. The molecule has 2 N–H and O–H groups in total. The lowest BCUT2D eigenvalue weighted by Gasteiger charge is -2.36. The minimum absolute atomic E-state index is 0.203. The molecule has 0 spiro atoms. The Balaban J connectivity index is 2.23. The summed E-state index contributed by atoms with van der Waals surface area (Å²) in [5, 5.41) is -1.91. The van der Waals surface area contributed by atoms with E-state index >= 15 is 0 Å². The fourth-order valence-electron chi connectivity index (χ4n) is 2.82. The summed E-state index contributed by atoms with van der Waals surface area (Å²) in [6, 6.07) is 9.07. The lowest BCUT2D eigenvalue weighted by molar-refractivity contribution is -0.0517. The SMILES string of the molecule is CCC(CC)(OC1CC=CC1S(=O)c1ccccc1)P(=O)(O)O. The van der Waals surface area contributed by atoms with Crippen molar-refractivity contribution in [1.29, 1.82) is 0 Å². The first-order valence-corrected chi connectivity index (χ1v) is 10.5. The summed E-state index contributed by atoms with van der Waals surface area (Å²) in [5.41, 5.74) is 0. The average Bonchev–Trinajstić information content (AvgIpc) is 2.99. The van der Waals surface area contributed by atoms with Gasteiger partial charge in [-0.3, -0.25) is 8.77 Å². The Hall–Kier alpha value is -0.780. The fraction of sp³-hybridized carbons (Fsp3) is 0.500. The summed E-state index contributed by atoms with van der Waals surface area (Å²) in [6.07, 6.45) is 4.10. The van der Waals surface area contributed by atoms with Gasteiger partial charge in [0.2, 0.25) is 0 Å². The van der Waals surface area contributed by atoms with E-state index in [2.05, 4.69) is 0 Å². The topological polar surface area (TPSA) is 83.8 Å². The lowest BCUT2D eigenvalue weighted by atomic mass is 10.2. The van der Waals surface area contributed by atoms with Gasteiger partial charge in [-0.2, -0.15) is 0 Å². The van der Waals surface area contributed by atoms with E-state index in [1.54, 1.807) is 26.0 Å². The van der Waals surface area contributed by atoms with Crippen LogP contribution < -0.4 is 0 Å². The zero-order chi connectivity index (χ0) is 17.1. The fourth-order valence-corrected chi connectivity index (χ4v) is 5.35. The van der Waals surface area contributed by atoms with E-state index in [4.69, 9.17) is 4.74 Å². The molecule has 5 nitrogen and oxygen atoms in total. The van der Waals surface area contributed by atoms with Crippen LogP contribution >= 0.6 is 7.60 Å². The normalized spacial score (nSPS) is 23.1. The molecule has 7 heteroatoms. The van der Waals surface area contributed by atoms with E-state index < -0.39 is 35.1 Å². The van der Waals surface area contributed by atoms with Crippen LogP contribution in [0.2, 0.25) is 0 Å². The average molecular weight is 358 g/mol. The van der Waals surface area contributed by atoms with Gasteiger partial charge in [0.25, 0.3) is 0 Å². The van der Waals surface area contributed by atoms with Crippen molar-refractivity contribution in [3.05, 3.63) is 42.5 Å². The third-order valence-corrected chi connectivity index (χ3v) is 7.78. The van der Waals surface area contributed by atoms with Gasteiger partial charge in [-0.15, -0.1) is 0 Å². The van der Waals surface area contributed by atoms with E-state index in [0.29, 0.717) is 11.3 Å². The molecular formula is C16H23O5PS. The van der Waals surface area contributed by atoms with Crippen LogP contribution in [0.1, 0.15) is 33.1 Å². The second-order valence-corrected chi connectivity index (χ2v) is 9.11. The molecule has 1 aliphatic carbocycles. The predicted molar refractivity (Wildman–Crippen MR) is 90.6 cm³/mol. The van der Waals surface area contributed by atoms with Gasteiger partial charge in [-0.05, 0) is 31.4 Å². The molecule has 0 aliphatic heterocycles. The van der Waals surface area contributed by atoms with Crippen LogP contribution in [0.25, 0.3) is 0 Å². The van der Waals surface area contributed by atoms with Gasteiger partial charge >= 0.3 is 7.60 Å². The van der Waals surface area contributed by atoms with Crippen LogP contribution in [0.4, 0.5) is 0 Å². The van der Waals surface area contributed by atoms with E-state index in [0.717, 1.165) is 0 Å². The molecule has 23 heavy (non-hydrogen) atoms. The standard InChI is InChI=1S/C16H23O5PS/c1-3-16(4-2,22(17,18)19)21-14-11-8-12-15(14)23(20)13-9-6-5-7-10-13/h5-10,12,14-15H,3-4,11H2,1-2H3,(H2,17,18,19). The Morgan fingerprint density at radius 1 is 1.26 bits per heavy atom. The molecule has 0 radical (unpaired) electrons. The largest absolute Gasteiger partial charge is 0.357 e. The predicted octanol–water partition coefficient (Wildman–Crippen LogP) is 3.20. The molecule has 128 valence electrons. The quantitative estimate of drug-likeness (QED) is 0.578. The van der Waals surface area contributed by atoms with E-state index in [1.165, 1.54) is 0 Å². The molecule has 0 saturated carbocycles. The van der Waals surface area contributed by atoms with Gasteiger partial charge in [-0.25, -0.2) is 0 Å². The highest BCUT2D eigenvalue weighted by Gasteiger charge is 2.48. The van der Waals surface area contributed by atoms with E-state index in [1.807, 2.05) is 30.4 Å². The van der Waals surface area contributed by atoms with Gasteiger partial charge in [0.15, 0.2) is 5.34 Å². The first-order valence-electron chi connectivity index (χ1n) is 7.70. The summed E-state index contributed by atoms with van der Waals surface area (Å²) in [6.45, 7) is 3.41. The zero-order valence-corrected chi connectivity index (χ0v) is 15.0. The Kier molecular flexibility index (Phi) is 5.98. The molecule has 0 amide bonds. The monoisotopic (exact) mass is 358 g/mol. The van der Waals surface area contributed by atoms with Crippen molar-refractivity contribution in [2.45, 2.75) is 54.7 Å². The summed E-state index contributed by atoms with van der Waals surface area (Å²) < 4.78 is 30.6. The molecule has 0 fully saturated rings. The Bertz CT molecular complexity index is 621. The first-order chi connectivity index (χ1) is 10.8. The maximum absolute atomic E-state index is 12.8. The summed E-state index contributed by atoms with van der Waals surface area (Å²) in [7, 11) is -5.76. The maximum Gasteiger partial charge on any atom is 0.357 e. The number of benzene rings is 1. The van der Waals surface area contributed by atoms with Gasteiger partial charge in [0.05, 0.1) is 22.2 Å². The molecule has 0 saturated heterocycles. The minimum Gasteiger partial charge on any atom is -0.357 e. The third kappa shape index (κ3) is 3.83. The van der Waals surface area contributed by atoms with Crippen LogP contribution in [0.15, 0.2) is 47.4 Å². The van der Waals surface area contributed by atoms with E-state index in [9.17, 15) is 18.6 Å². The van der Waals surface area contributed by atoms with Gasteiger partial charge < -0.3 is 14.5 Å². The Morgan fingerprint density at radius 3 is 2.39 bits per heavy atom. The van der Waals surface area contributed by atoms with E-state index in [-0.39, 0.29) is 12.8 Å². The van der Waals surface area contributed by atoms with Crippen LogP contribution in [0.3, 0.4) is 0 Å². The van der Waals surface area contributed by atoms with Crippen molar-refractivity contribution < 1.29 is 23.3 Å². The van der Waals surface area contributed by atoms with Gasteiger partial charge in [0, 0.05) is 4.90 Å². The molecule has 0 aromatic heterocycles. The Morgan fingerprint density at radius 2 is 1.87 bits per heavy atom. The van der Waals surface area contributed by atoms with Crippen molar-refractivity contribution in [2.24, 2.45) is 0 Å². The molecule has 1 aliphatic rings. The summed E-state index contributed by atoms with van der Waals surface area (Å²) in [5.74, 6) is 0. The summed E-state index contributed by atoms with van der Waals surface area (Å²) >= 11 is 0. The molecule has 0 bridgehead atoms. The molecule has 2 rings (SSSR count). The van der Waals surface area contributed by atoms with Crippen LogP contribution in [-0.2, 0) is 20.1 Å². The zero-order valence-electron chi connectivity index (χ0n) is 13.3. The van der Waals surface area contributed by atoms with Crippen LogP contribution in [-0.4, -0.2) is 30.7 Å². The minimum atomic E-state index is -4.44. The molecule has 3 unspecified atom stereocenters. The molecule has 1 aromatic carbocycles. The molecule has 3 atom stereocenters. The number of hydrogen-bond donors (Lipinski definition) is 2. The first kappa shape index (κ1) is 18.6. The van der Waals surface area contributed by atoms with Crippen molar-refractivity contribution in [1.82, 2.24) is 0 Å². The highest BCUT2D eigenvalue weighted by atomic mass is 32.2. The van der Waals surface area contributed by atoms with Crippen LogP contribution in [0, 0.1) is 0 Å². The molecule has 1 aromatic rings. The smallest absolute Gasteiger partial charge is 0.357 e. The number of rotatable bonds is 7. The second-order valence-electron chi connectivity index (χ2n) is 5.59. The van der Waals surface area contributed by atoms with Gasteiger partial charge in [0.1, 0.15) is 0 Å². The lowest BCUT2D eigenvalue weighted by Crippen LogP contribution is -2.40. The van der Waals surface area contributed by atoms with Crippen molar-refractivity contribution >= 4 is 18.4 Å². The highest BCUT2D eigenvalue weighted by Crippen LogP contribution is 2.56. The Labute approximate surface area is 139 Å². The molecular weight excluding hydrogens is 335 g/mol. The summed E-state index contributed by atoms with van der Waals surface area (Å²) in [4.78, 5) is 20.1. The second kappa shape index (κ2) is 7.41. The van der Waals surface area contributed by atoms with Crippen molar-refractivity contribution in [3.8, 4) is 0 Å². The number of ether oxygens (including phenoxy) is 1. The highest BCUT2D eigenvalue weighted by molar-refractivity contribution is 7.86. The van der Waals surface area contributed by atoms with Crippen LogP contribution in [0.5, 0.6) is 0 Å².